The predicted octanol–water partition coefficient (Wildman–Crippen LogP) is 1.26. The number of benzene rings is 1. The number of hydrogen-bond acceptors (Lipinski definition) is 7. The summed E-state index contributed by atoms with van der Waals surface area (Å²) in [6.07, 6.45) is 2.77. The fourth-order valence-corrected chi connectivity index (χ4v) is 4.20. The minimum absolute atomic E-state index is 0.0958. The van der Waals surface area contributed by atoms with Crippen molar-refractivity contribution in [1.29, 1.82) is 0 Å². The second-order valence-corrected chi connectivity index (χ2v) is 7.94. The van der Waals surface area contributed by atoms with Crippen LogP contribution in [-0.4, -0.2) is 47.7 Å². The second-order valence-electron chi connectivity index (χ2n) is 5.71. The predicted molar refractivity (Wildman–Crippen MR) is 89.1 cm³/mol. The average molecular weight is 351 g/mol. The largest absolute Gasteiger partial charge is 0.368 e. The molecule has 0 bridgehead atoms. The molecule has 2 N–H and O–H groups in total. The van der Waals surface area contributed by atoms with Crippen LogP contribution in [0.15, 0.2) is 30.5 Å². The number of aromatic nitrogens is 3. The highest BCUT2D eigenvalue weighted by Crippen LogP contribution is 2.15. The molecule has 1 atom stereocenters. The summed E-state index contributed by atoms with van der Waals surface area (Å²) in [5.41, 5.74) is 1.01. The second kappa shape index (κ2) is 7.08. The van der Waals surface area contributed by atoms with Gasteiger partial charge in [-0.25, -0.2) is 12.8 Å². The standard InChI is InChI=1S/C15H18FN5O2S/c16-12-3-1-11(2-4-12)5-7-17-14-9-18-21-15(20-14)19-13-6-8-24(22,23)10-13/h1-4,9,13H,5-8,10H2,(H2,17,19,20,21). The quantitative estimate of drug-likeness (QED) is 0.809. The van der Waals surface area contributed by atoms with Gasteiger partial charge in [-0.3, -0.25) is 0 Å². The summed E-state index contributed by atoms with van der Waals surface area (Å²) in [5.74, 6) is 0.891. The molecular formula is C15H18FN5O2S. The molecule has 3 rings (SSSR count). The minimum atomic E-state index is -2.95. The molecule has 1 aromatic heterocycles. The summed E-state index contributed by atoms with van der Waals surface area (Å²) in [6, 6.07) is 6.16. The molecule has 128 valence electrons. The van der Waals surface area contributed by atoms with Gasteiger partial charge in [0, 0.05) is 12.6 Å². The maximum Gasteiger partial charge on any atom is 0.244 e. The van der Waals surface area contributed by atoms with Gasteiger partial charge in [-0.1, -0.05) is 12.1 Å². The molecule has 1 aliphatic rings. The Hall–Kier alpha value is -2.29. The van der Waals surface area contributed by atoms with Gasteiger partial charge in [-0.15, -0.1) is 5.10 Å². The van der Waals surface area contributed by atoms with Crippen LogP contribution in [0.1, 0.15) is 12.0 Å². The van der Waals surface area contributed by atoms with Crippen LogP contribution in [0.2, 0.25) is 0 Å². The molecule has 1 fully saturated rings. The van der Waals surface area contributed by atoms with Crippen molar-refractivity contribution in [3.63, 3.8) is 0 Å². The Morgan fingerprint density at radius 1 is 1.25 bits per heavy atom. The first-order valence-electron chi connectivity index (χ1n) is 7.65. The highest BCUT2D eigenvalue weighted by Gasteiger charge is 2.28. The highest BCUT2D eigenvalue weighted by molar-refractivity contribution is 7.91. The summed E-state index contributed by atoms with van der Waals surface area (Å²) in [6.45, 7) is 0.613. The monoisotopic (exact) mass is 351 g/mol. The van der Waals surface area contributed by atoms with Crippen LogP contribution in [0.4, 0.5) is 16.2 Å². The van der Waals surface area contributed by atoms with Gasteiger partial charge >= 0.3 is 0 Å². The van der Waals surface area contributed by atoms with Gasteiger partial charge in [-0.2, -0.15) is 10.1 Å². The lowest BCUT2D eigenvalue weighted by Crippen LogP contribution is -2.22. The lowest BCUT2D eigenvalue weighted by molar-refractivity contribution is 0.602. The third-order valence-corrected chi connectivity index (χ3v) is 5.53. The summed E-state index contributed by atoms with van der Waals surface area (Å²) in [5, 5.41) is 13.9. The SMILES string of the molecule is O=S1(=O)CCC(Nc2nncc(NCCc3ccc(F)cc3)n2)C1. The molecule has 1 saturated heterocycles. The van der Waals surface area contributed by atoms with Gasteiger partial charge in [0.25, 0.3) is 0 Å². The Labute approximate surface area is 139 Å². The molecule has 7 nitrogen and oxygen atoms in total. The Balaban J connectivity index is 1.52. The summed E-state index contributed by atoms with van der Waals surface area (Å²) in [7, 11) is -2.95. The lowest BCUT2D eigenvalue weighted by Gasteiger charge is -2.11. The van der Waals surface area contributed by atoms with E-state index in [1.54, 1.807) is 12.1 Å². The van der Waals surface area contributed by atoms with E-state index in [1.165, 1.54) is 18.3 Å². The molecule has 1 aromatic carbocycles. The number of sulfone groups is 1. The van der Waals surface area contributed by atoms with Crippen LogP contribution in [0, 0.1) is 5.82 Å². The minimum Gasteiger partial charge on any atom is -0.368 e. The first-order valence-corrected chi connectivity index (χ1v) is 9.47. The van der Waals surface area contributed by atoms with Crippen molar-refractivity contribution in [3.8, 4) is 0 Å². The van der Waals surface area contributed by atoms with Gasteiger partial charge in [0.15, 0.2) is 15.7 Å². The molecule has 0 saturated carbocycles. The molecule has 1 aliphatic heterocycles. The van der Waals surface area contributed by atoms with Crippen LogP contribution in [0.3, 0.4) is 0 Å². The normalized spacial score (nSPS) is 19.1. The number of nitrogens with one attached hydrogen (secondary N) is 2. The van der Waals surface area contributed by atoms with Crippen LogP contribution in [0.25, 0.3) is 0 Å². The van der Waals surface area contributed by atoms with E-state index in [9.17, 15) is 12.8 Å². The zero-order valence-corrected chi connectivity index (χ0v) is 13.8. The molecule has 2 aromatic rings. The molecule has 0 amide bonds. The molecule has 2 heterocycles. The molecule has 0 radical (unpaired) electrons. The van der Waals surface area contributed by atoms with Gasteiger partial charge in [0.05, 0.1) is 17.7 Å². The fraction of sp³-hybridized carbons (Fsp3) is 0.400. The van der Waals surface area contributed by atoms with Crippen LogP contribution >= 0.6 is 0 Å². The number of halogens is 1. The zero-order chi connectivity index (χ0) is 17.0. The van der Waals surface area contributed by atoms with Crippen molar-refractivity contribution in [1.82, 2.24) is 15.2 Å². The summed E-state index contributed by atoms with van der Waals surface area (Å²) >= 11 is 0. The lowest BCUT2D eigenvalue weighted by atomic mass is 10.1. The fourth-order valence-electron chi connectivity index (χ4n) is 2.53. The molecule has 0 spiro atoms. The van der Waals surface area contributed by atoms with Crippen molar-refractivity contribution in [3.05, 3.63) is 41.8 Å². The maximum absolute atomic E-state index is 12.8. The first-order chi connectivity index (χ1) is 11.5. The maximum atomic E-state index is 12.8. The van der Waals surface area contributed by atoms with E-state index < -0.39 is 9.84 Å². The molecule has 1 unspecified atom stereocenters. The Kier molecular flexibility index (Phi) is 4.89. The van der Waals surface area contributed by atoms with E-state index in [0.717, 1.165) is 5.56 Å². The van der Waals surface area contributed by atoms with Crippen LogP contribution < -0.4 is 10.6 Å². The van der Waals surface area contributed by atoms with Gasteiger partial charge in [0.2, 0.25) is 5.95 Å². The zero-order valence-electron chi connectivity index (χ0n) is 12.9. The summed E-state index contributed by atoms with van der Waals surface area (Å²) in [4.78, 5) is 4.28. The van der Waals surface area contributed by atoms with E-state index in [4.69, 9.17) is 0 Å². The van der Waals surface area contributed by atoms with Crippen molar-refractivity contribution in [2.75, 3.05) is 28.7 Å². The van der Waals surface area contributed by atoms with E-state index >= 15 is 0 Å². The van der Waals surface area contributed by atoms with Gasteiger partial charge in [0.1, 0.15) is 5.82 Å². The van der Waals surface area contributed by atoms with Crippen molar-refractivity contribution < 1.29 is 12.8 Å². The molecule has 24 heavy (non-hydrogen) atoms. The Morgan fingerprint density at radius 2 is 2.04 bits per heavy atom. The van der Waals surface area contributed by atoms with Crippen molar-refractivity contribution in [2.45, 2.75) is 18.9 Å². The molecular weight excluding hydrogens is 333 g/mol. The molecule has 0 aliphatic carbocycles. The number of anilines is 2. The van der Waals surface area contributed by atoms with E-state index in [1.807, 2.05) is 0 Å². The van der Waals surface area contributed by atoms with E-state index in [2.05, 4.69) is 25.8 Å². The third-order valence-electron chi connectivity index (χ3n) is 3.76. The Morgan fingerprint density at radius 3 is 2.75 bits per heavy atom. The van der Waals surface area contributed by atoms with Crippen LogP contribution in [-0.2, 0) is 16.3 Å². The number of nitrogens with zero attached hydrogens (tertiary/aromatic N) is 3. The Bertz CT molecular complexity index is 798. The van der Waals surface area contributed by atoms with Crippen molar-refractivity contribution in [2.24, 2.45) is 0 Å². The summed E-state index contributed by atoms with van der Waals surface area (Å²) < 4.78 is 35.8. The highest BCUT2D eigenvalue weighted by atomic mass is 32.2. The smallest absolute Gasteiger partial charge is 0.244 e. The third kappa shape index (κ3) is 4.60. The number of hydrogen-bond donors (Lipinski definition) is 2. The van der Waals surface area contributed by atoms with E-state index in [-0.39, 0.29) is 23.4 Å². The first kappa shape index (κ1) is 16.6. The van der Waals surface area contributed by atoms with Crippen molar-refractivity contribution >= 4 is 21.6 Å². The van der Waals surface area contributed by atoms with Gasteiger partial charge in [-0.05, 0) is 30.5 Å². The molecule has 9 heteroatoms. The number of rotatable bonds is 6. The average Bonchev–Trinajstić information content (AvgIpc) is 2.88. The van der Waals surface area contributed by atoms with Crippen LogP contribution in [0.5, 0.6) is 0 Å². The van der Waals surface area contributed by atoms with Gasteiger partial charge < -0.3 is 10.6 Å². The topological polar surface area (TPSA) is 96.9 Å². The van der Waals surface area contributed by atoms with E-state index in [0.29, 0.717) is 31.2 Å².